The van der Waals surface area contributed by atoms with Crippen LogP contribution in [0.25, 0.3) is 0 Å². The van der Waals surface area contributed by atoms with Gasteiger partial charge < -0.3 is 15.0 Å². The lowest BCUT2D eigenvalue weighted by atomic mass is 10.0. The van der Waals surface area contributed by atoms with E-state index in [9.17, 15) is 4.79 Å². The molecule has 1 aromatic carbocycles. The van der Waals surface area contributed by atoms with E-state index < -0.39 is 0 Å². The molecular weight excluding hydrogens is 361 g/mol. The van der Waals surface area contributed by atoms with Gasteiger partial charge in [-0.15, -0.1) is 12.4 Å². The average molecular weight is 388 g/mol. The first-order valence-corrected chi connectivity index (χ1v) is 9.04. The average Bonchev–Trinajstić information content (AvgIpc) is 2.54. The maximum absolute atomic E-state index is 12.8. The molecule has 0 aliphatic carbocycles. The molecule has 0 radical (unpaired) electrons. The van der Waals surface area contributed by atoms with Gasteiger partial charge in [0.25, 0.3) is 0 Å². The van der Waals surface area contributed by atoms with Crippen molar-refractivity contribution < 1.29 is 9.53 Å². The molecule has 2 saturated heterocycles. The van der Waals surface area contributed by atoms with Gasteiger partial charge in [0.05, 0.1) is 18.8 Å². The zero-order chi connectivity index (χ0) is 17.1. The molecule has 1 N–H and O–H groups in total. The van der Waals surface area contributed by atoms with E-state index in [-0.39, 0.29) is 36.6 Å². The molecule has 2 aliphatic heterocycles. The van der Waals surface area contributed by atoms with E-state index in [4.69, 9.17) is 16.3 Å². The molecule has 7 heteroatoms. The topological polar surface area (TPSA) is 44.8 Å². The smallest absolute Gasteiger partial charge is 0.236 e. The number of ether oxygens (including phenoxy) is 1. The van der Waals surface area contributed by atoms with Gasteiger partial charge in [-0.1, -0.05) is 23.7 Å². The van der Waals surface area contributed by atoms with E-state index in [0.29, 0.717) is 19.6 Å². The number of nitrogens with one attached hydrogen (secondary N) is 1. The minimum absolute atomic E-state index is 0. The van der Waals surface area contributed by atoms with E-state index in [1.807, 2.05) is 36.9 Å². The van der Waals surface area contributed by atoms with Crippen molar-refractivity contribution in [2.24, 2.45) is 0 Å². The second-order valence-corrected chi connectivity index (χ2v) is 7.24. The van der Waals surface area contributed by atoms with Crippen LogP contribution in [-0.4, -0.2) is 67.2 Å². The monoisotopic (exact) mass is 387 g/mol. The van der Waals surface area contributed by atoms with Gasteiger partial charge in [0, 0.05) is 43.8 Å². The zero-order valence-corrected chi connectivity index (χ0v) is 16.4. The molecule has 5 nitrogen and oxygen atoms in total. The molecule has 140 valence electrons. The van der Waals surface area contributed by atoms with Gasteiger partial charge in [-0.25, -0.2) is 0 Å². The Hall–Kier alpha value is -0.850. The van der Waals surface area contributed by atoms with Gasteiger partial charge in [0.15, 0.2) is 0 Å². The van der Waals surface area contributed by atoms with Crippen LogP contribution in [0.1, 0.15) is 25.5 Å². The summed E-state index contributed by atoms with van der Waals surface area (Å²) in [5.41, 5.74) is 1.16. The highest BCUT2D eigenvalue weighted by molar-refractivity contribution is 6.30. The molecule has 3 atom stereocenters. The summed E-state index contributed by atoms with van der Waals surface area (Å²) in [5.74, 6) is 0.186. The molecule has 0 bridgehead atoms. The van der Waals surface area contributed by atoms with Crippen LogP contribution >= 0.6 is 24.0 Å². The maximum Gasteiger partial charge on any atom is 0.236 e. The SMILES string of the molecule is CC1CN(C(=O)CN2CCNCC2c2cccc(Cl)c2)CC(C)O1.Cl. The normalized spacial score (nSPS) is 27.6. The lowest BCUT2D eigenvalue weighted by molar-refractivity contribution is -0.145. The minimum atomic E-state index is 0. The Balaban J connectivity index is 0.00000225. The summed E-state index contributed by atoms with van der Waals surface area (Å²) in [6.07, 6.45) is 0.203. The summed E-state index contributed by atoms with van der Waals surface area (Å²) >= 11 is 6.14. The Bertz CT molecular complexity index is 577. The number of hydrogen-bond donors (Lipinski definition) is 1. The molecule has 2 fully saturated rings. The van der Waals surface area contributed by atoms with E-state index in [2.05, 4.69) is 16.3 Å². The summed E-state index contributed by atoms with van der Waals surface area (Å²) < 4.78 is 5.73. The number of benzene rings is 1. The Morgan fingerprint density at radius 2 is 2.04 bits per heavy atom. The first-order chi connectivity index (χ1) is 11.5. The summed E-state index contributed by atoms with van der Waals surface area (Å²) in [6.45, 7) is 8.44. The van der Waals surface area contributed by atoms with Crippen molar-refractivity contribution >= 4 is 29.9 Å². The van der Waals surface area contributed by atoms with Gasteiger partial charge in [-0.05, 0) is 31.5 Å². The molecule has 2 aliphatic rings. The number of hydrogen-bond acceptors (Lipinski definition) is 4. The third kappa shape index (κ3) is 5.31. The molecule has 0 aromatic heterocycles. The second-order valence-electron chi connectivity index (χ2n) is 6.80. The quantitative estimate of drug-likeness (QED) is 0.864. The van der Waals surface area contributed by atoms with Crippen molar-refractivity contribution in [3.05, 3.63) is 34.9 Å². The number of nitrogens with zero attached hydrogens (tertiary/aromatic N) is 2. The maximum atomic E-state index is 12.8. The van der Waals surface area contributed by atoms with Crippen molar-refractivity contribution in [3.63, 3.8) is 0 Å². The molecule has 25 heavy (non-hydrogen) atoms. The highest BCUT2D eigenvalue weighted by atomic mass is 35.5. The molecule has 2 heterocycles. The molecule has 3 unspecified atom stereocenters. The summed E-state index contributed by atoms with van der Waals surface area (Å²) in [4.78, 5) is 17.0. The van der Waals surface area contributed by atoms with Crippen LogP contribution in [0.15, 0.2) is 24.3 Å². The van der Waals surface area contributed by atoms with Gasteiger partial charge in [0.1, 0.15) is 0 Å². The molecule has 1 aromatic rings. The van der Waals surface area contributed by atoms with Crippen LogP contribution in [0.2, 0.25) is 5.02 Å². The van der Waals surface area contributed by atoms with Crippen molar-refractivity contribution in [2.75, 3.05) is 39.3 Å². The Morgan fingerprint density at radius 3 is 2.72 bits per heavy atom. The number of halogens is 2. The molecule has 0 saturated carbocycles. The molecule has 0 spiro atoms. The standard InChI is InChI=1S/C18H26ClN3O2.ClH/c1-13-10-22(11-14(2)24-13)18(23)12-21-7-6-20-9-17(21)15-4-3-5-16(19)8-15;/h3-5,8,13-14,17,20H,6-7,9-12H2,1-2H3;1H. The first kappa shape index (κ1) is 20.5. The fourth-order valence-corrected chi connectivity index (χ4v) is 3.83. The summed E-state index contributed by atoms with van der Waals surface area (Å²) in [7, 11) is 0. The molecular formula is C18H27Cl2N3O2. The predicted molar refractivity (Wildman–Crippen MR) is 102 cm³/mol. The number of carbonyl (C=O) groups is 1. The Kier molecular flexibility index (Phi) is 7.52. The fourth-order valence-electron chi connectivity index (χ4n) is 3.63. The van der Waals surface area contributed by atoms with Crippen LogP contribution in [0.5, 0.6) is 0 Å². The number of morpholine rings is 1. The third-order valence-electron chi connectivity index (χ3n) is 4.70. The lowest BCUT2D eigenvalue weighted by Crippen LogP contribution is -2.54. The highest BCUT2D eigenvalue weighted by Crippen LogP contribution is 2.25. The van der Waals surface area contributed by atoms with Crippen LogP contribution in [0.4, 0.5) is 0 Å². The lowest BCUT2D eigenvalue weighted by Gasteiger charge is -2.39. The van der Waals surface area contributed by atoms with Gasteiger partial charge in [-0.3, -0.25) is 9.69 Å². The number of carbonyl (C=O) groups excluding carboxylic acids is 1. The van der Waals surface area contributed by atoms with Gasteiger partial charge in [-0.2, -0.15) is 0 Å². The third-order valence-corrected chi connectivity index (χ3v) is 4.93. The second kappa shape index (κ2) is 9.19. The molecule has 1 amide bonds. The minimum Gasteiger partial charge on any atom is -0.372 e. The number of rotatable bonds is 3. The first-order valence-electron chi connectivity index (χ1n) is 8.66. The Morgan fingerprint density at radius 1 is 1.32 bits per heavy atom. The van der Waals surface area contributed by atoms with Crippen LogP contribution < -0.4 is 5.32 Å². The van der Waals surface area contributed by atoms with E-state index in [1.54, 1.807) is 0 Å². The predicted octanol–water partition coefficient (Wildman–Crippen LogP) is 2.34. The fraction of sp³-hybridized carbons (Fsp3) is 0.611. The van der Waals surface area contributed by atoms with E-state index >= 15 is 0 Å². The number of piperazine rings is 1. The van der Waals surface area contributed by atoms with Gasteiger partial charge in [0.2, 0.25) is 5.91 Å². The van der Waals surface area contributed by atoms with Gasteiger partial charge >= 0.3 is 0 Å². The van der Waals surface area contributed by atoms with Crippen molar-refractivity contribution in [1.82, 2.24) is 15.1 Å². The zero-order valence-electron chi connectivity index (χ0n) is 14.8. The van der Waals surface area contributed by atoms with E-state index in [0.717, 1.165) is 30.2 Å². The number of amides is 1. The summed E-state index contributed by atoms with van der Waals surface area (Å²) in [6, 6.07) is 8.11. The van der Waals surface area contributed by atoms with Crippen molar-refractivity contribution in [3.8, 4) is 0 Å². The Labute approximate surface area is 161 Å². The van der Waals surface area contributed by atoms with Crippen LogP contribution in [0.3, 0.4) is 0 Å². The highest BCUT2D eigenvalue weighted by Gasteiger charge is 2.30. The largest absolute Gasteiger partial charge is 0.372 e. The van der Waals surface area contributed by atoms with Crippen molar-refractivity contribution in [1.29, 1.82) is 0 Å². The van der Waals surface area contributed by atoms with Crippen LogP contribution in [-0.2, 0) is 9.53 Å². The van der Waals surface area contributed by atoms with E-state index in [1.165, 1.54) is 0 Å². The van der Waals surface area contributed by atoms with Crippen LogP contribution in [0, 0.1) is 0 Å². The van der Waals surface area contributed by atoms with Crippen molar-refractivity contribution in [2.45, 2.75) is 32.1 Å². The summed E-state index contributed by atoms with van der Waals surface area (Å²) in [5, 5.41) is 4.16. The molecule has 3 rings (SSSR count).